The summed E-state index contributed by atoms with van der Waals surface area (Å²) in [7, 11) is 1.93. The van der Waals surface area contributed by atoms with E-state index >= 15 is 0 Å². The maximum atomic E-state index is 13.0. The average molecular weight is 423 g/mol. The molecule has 8 heteroatoms. The number of amides is 1. The number of hydrogen-bond acceptors (Lipinski definition) is 6. The van der Waals surface area contributed by atoms with Gasteiger partial charge in [-0.2, -0.15) is 5.10 Å². The zero-order valence-corrected chi connectivity index (χ0v) is 18.0. The topological polar surface area (TPSA) is 67.2 Å². The summed E-state index contributed by atoms with van der Waals surface area (Å²) in [6, 6.07) is 5.98. The highest BCUT2D eigenvalue weighted by atomic mass is 32.1. The number of nitrogens with zero attached hydrogens (tertiary/aromatic N) is 6. The van der Waals surface area contributed by atoms with E-state index in [1.54, 1.807) is 11.3 Å². The second kappa shape index (κ2) is 8.18. The summed E-state index contributed by atoms with van der Waals surface area (Å²) in [5.74, 6) is 0.967. The molecular formula is C22H26N6OS. The second-order valence-corrected chi connectivity index (χ2v) is 9.07. The minimum atomic E-state index is -0.00105. The molecule has 0 saturated carbocycles. The van der Waals surface area contributed by atoms with Gasteiger partial charge in [-0.25, -0.2) is 9.97 Å². The molecule has 0 radical (unpaired) electrons. The molecule has 0 unspecified atom stereocenters. The van der Waals surface area contributed by atoms with Gasteiger partial charge < -0.3 is 9.80 Å². The summed E-state index contributed by atoms with van der Waals surface area (Å²) in [5.41, 5.74) is 2.83. The van der Waals surface area contributed by atoms with Crippen molar-refractivity contribution in [3.05, 3.63) is 46.5 Å². The summed E-state index contributed by atoms with van der Waals surface area (Å²) < 4.78 is 1.84. The van der Waals surface area contributed by atoms with Gasteiger partial charge in [0.25, 0.3) is 0 Å². The lowest BCUT2D eigenvalue weighted by Gasteiger charge is -2.24. The maximum absolute atomic E-state index is 13.0. The van der Waals surface area contributed by atoms with Crippen molar-refractivity contribution in [2.24, 2.45) is 7.05 Å². The third kappa shape index (κ3) is 3.71. The van der Waals surface area contributed by atoms with E-state index < -0.39 is 0 Å². The number of thiophene rings is 1. The molecule has 7 nitrogen and oxygen atoms in total. The van der Waals surface area contributed by atoms with Crippen LogP contribution in [0.4, 0.5) is 5.95 Å². The SMILES string of the molecule is Cn1cc(-c2ccnc(N3CCCC3)n2)c([C@@H]2CCCN2C(=O)Cc2cccs2)n1. The Labute approximate surface area is 180 Å². The lowest BCUT2D eigenvalue weighted by atomic mass is 10.0. The molecule has 3 aromatic heterocycles. The zero-order valence-electron chi connectivity index (χ0n) is 17.2. The second-order valence-electron chi connectivity index (χ2n) is 8.04. The molecule has 5 rings (SSSR count). The van der Waals surface area contributed by atoms with E-state index in [2.05, 4.69) is 9.88 Å². The number of rotatable bonds is 5. The van der Waals surface area contributed by atoms with Crippen molar-refractivity contribution in [1.82, 2.24) is 24.6 Å². The summed E-state index contributed by atoms with van der Waals surface area (Å²) in [4.78, 5) is 27.8. The van der Waals surface area contributed by atoms with Gasteiger partial charge in [0.15, 0.2) is 0 Å². The van der Waals surface area contributed by atoms with Gasteiger partial charge >= 0.3 is 0 Å². The molecule has 3 aromatic rings. The molecule has 2 saturated heterocycles. The molecule has 0 aliphatic carbocycles. The molecule has 0 spiro atoms. The third-order valence-electron chi connectivity index (χ3n) is 5.96. The Morgan fingerprint density at radius 2 is 2.07 bits per heavy atom. The molecule has 2 aliphatic heterocycles. The maximum Gasteiger partial charge on any atom is 0.228 e. The van der Waals surface area contributed by atoms with Gasteiger partial charge in [-0.15, -0.1) is 11.3 Å². The summed E-state index contributed by atoms with van der Waals surface area (Å²) in [5, 5.41) is 6.80. The number of carbonyl (C=O) groups excluding carboxylic acids is 1. The molecule has 30 heavy (non-hydrogen) atoms. The van der Waals surface area contributed by atoms with Crippen molar-refractivity contribution in [1.29, 1.82) is 0 Å². The predicted molar refractivity (Wildman–Crippen MR) is 117 cm³/mol. The number of likely N-dealkylation sites (tertiary alicyclic amines) is 1. The monoisotopic (exact) mass is 422 g/mol. The molecule has 0 aromatic carbocycles. The highest BCUT2D eigenvalue weighted by Gasteiger charge is 2.34. The lowest BCUT2D eigenvalue weighted by molar-refractivity contribution is -0.131. The van der Waals surface area contributed by atoms with Crippen molar-refractivity contribution >= 4 is 23.2 Å². The van der Waals surface area contributed by atoms with Crippen LogP contribution in [0.3, 0.4) is 0 Å². The number of aromatic nitrogens is 4. The number of aryl methyl sites for hydroxylation is 1. The van der Waals surface area contributed by atoms with Gasteiger partial charge in [-0.1, -0.05) is 6.07 Å². The van der Waals surface area contributed by atoms with Gasteiger partial charge in [0.05, 0.1) is 23.9 Å². The first kappa shape index (κ1) is 19.2. The van der Waals surface area contributed by atoms with E-state index in [9.17, 15) is 4.79 Å². The molecule has 2 aliphatic rings. The Kier molecular flexibility index (Phi) is 5.25. The summed E-state index contributed by atoms with van der Waals surface area (Å²) >= 11 is 1.64. The van der Waals surface area contributed by atoms with Crippen LogP contribution in [-0.2, 0) is 18.3 Å². The van der Waals surface area contributed by atoms with Crippen molar-refractivity contribution in [2.45, 2.75) is 38.1 Å². The molecule has 1 amide bonds. The van der Waals surface area contributed by atoms with Crippen LogP contribution < -0.4 is 4.90 Å². The van der Waals surface area contributed by atoms with Crippen LogP contribution in [0.25, 0.3) is 11.3 Å². The van der Waals surface area contributed by atoms with Gasteiger partial charge in [0.1, 0.15) is 0 Å². The molecule has 5 heterocycles. The fourth-order valence-electron chi connectivity index (χ4n) is 4.53. The molecule has 1 atom stereocenters. The first-order valence-electron chi connectivity index (χ1n) is 10.6. The van der Waals surface area contributed by atoms with E-state index in [1.165, 1.54) is 12.8 Å². The van der Waals surface area contributed by atoms with Gasteiger partial charge in [0, 0.05) is 49.5 Å². The first-order chi connectivity index (χ1) is 14.7. The van der Waals surface area contributed by atoms with Crippen LogP contribution in [0.5, 0.6) is 0 Å². The highest BCUT2D eigenvalue weighted by molar-refractivity contribution is 7.10. The lowest BCUT2D eigenvalue weighted by Crippen LogP contribution is -2.32. The molecule has 156 valence electrons. The van der Waals surface area contributed by atoms with Crippen molar-refractivity contribution in [2.75, 3.05) is 24.5 Å². The number of carbonyl (C=O) groups is 1. The summed E-state index contributed by atoms with van der Waals surface area (Å²) in [6.07, 6.45) is 8.63. The Bertz CT molecular complexity index is 1020. The smallest absolute Gasteiger partial charge is 0.228 e. The molecule has 0 N–H and O–H groups in total. The molecule has 0 bridgehead atoms. The number of anilines is 1. The van der Waals surface area contributed by atoms with Gasteiger partial charge in [-0.3, -0.25) is 9.48 Å². The Morgan fingerprint density at radius 1 is 1.20 bits per heavy atom. The standard InChI is InChI=1S/C22H26N6OS/c1-26-15-17(18-8-9-23-22(24-18)27-10-2-3-11-27)21(25-26)19-7-4-12-28(19)20(29)14-16-6-5-13-30-16/h5-6,8-9,13,15,19H,2-4,7,10-12,14H2,1H3/t19-/m0/s1. The largest absolute Gasteiger partial charge is 0.341 e. The molecule has 2 fully saturated rings. The first-order valence-corrected chi connectivity index (χ1v) is 11.5. The van der Waals surface area contributed by atoms with E-state index in [1.807, 2.05) is 52.6 Å². The van der Waals surface area contributed by atoms with Crippen LogP contribution in [0.1, 0.15) is 42.3 Å². The van der Waals surface area contributed by atoms with Crippen LogP contribution >= 0.6 is 11.3 Å². The van der Waals surface area contributed by atoms with Crippen LogP contribution in [-0.4, -0.2) is 50.2 Å². The Morgan fingerprint density at radius 3 is 2.87 bits per heavy atom. The minimum Gasteiger partial charge on any atom is -0.341 e. The zero-order chi connectivity index (χ0) is 20.5. The van der Waals surface area contributed by atoms with Crippen LogP contribution in [0, 0.1) is 0 Å². The Hall–Kier alpha value is -2.74. The van der Waals surface area contributed by atoms with Crippen LogP contribution in [0.15, 0.2) is 36.0 Å². The third-order valence-corrected chi connectivity index (χ3v) is 6.84. The van der Waals surface area contributed by atoms with Crippen molar-refractivity contribution < 1.29 is 4.79 Å². The van der Waals surface area contributed by atoms with E-state index in [-0.39, 0.29) is 11.9 Å². The van der Waals surface area contributed by atoms with E-state index in [0.717, 1.165) is 60.3 Å². The highest BCUT2D eigenvalue weighted by Crippen LogP contribution is 2.37. The minimum absolute atomic E-state index is 0.00105. The normalized spacial score (nSPS) is 19.0. The van der Waals surface area contributed by atoms with Crippen molar-refractivity contribution in [3.63, 3.8) is 0 Å². The summed E-state index contributed by atoms with van der Waals surface area (Å²) in [6.45, 7) is 2.81. The predicted octanol–water partition coefficient (Wildman–Crippen LogP) is 3.45. The fourth-order valence-corrected chi connectivity index (χ4v) is 5.23. The van der Waals surface area contributed by atoms with Gasteiger partial charge in [0.2, 0.25) is 11.9 Å². The number of hydrogen-bond donors (Lipinski definition) is 0. The average Bonchev–Trinajstić information content (AvgIpc) is 3.54. The quantitative estimate of drug-likeness (QED) is 0.630. The van der Waals surface area contributed by atoms with Gasteiger partial charge in [-0.05, 0) is 43.2 Å². The van der Waals surface area contributed by atoms with Crippen LogP contribution in [0.2, 0.25) is 0 Å². The van der Waals surface area contributed by atoms with E-state index in [0.29, 0.717) is 6.42 Å². The Balaban J connectivity index is 1.44. The van der Waals surface area contributed by atoms with E-state index in [4.69, 9.17) is 10.1 Å². The fraction of sp³-hybridized carbons (Fsp3) is 0.455. The molecular weight excluding hydrogens is 396 g/mol. The van der Waals surface area contributed by atoms with Crippen molar-refractivity contribution in [3.8, 4) is 11.3 Å².